The minimum absolute atomic E-state index is 0.831. The Morgan fingerprint density at radius 3 is 2.00 bits per heavy atom. The quantitative estimate of drug-likeness (QED) is 0.307. The molecule has 0 saturated carbocycles. The predicted molar refractivity (Wildman–Crippen MR) is 84.7 cm³/mol. The van der Waals surface area contributed by atoms with E-state index in [1.165, 1.54) is 64.2 Å². The molecule has 0 N–H and O–H groups in total. The second kappa shape index (κ2) is 13.4. The molecule has 0 bridgehead atoms. The molecule has 0 atom stereocenters. The number of ether oxygens (including phenoxy) is 2. The molecule has 0 aliphatic carbocycles. The highest BCUT2D eigenvalue weighted by Crippen LogP contribution is 2.10. The highest BCUT2D eigenvalue weighted by molar-refractivity contribution is 5.39. The second-order valence-corrected chi connectivity index (χ2v) is 5.81. The van der Waals surface area contributed by atoms with Gasteiger partial charge in [0.15, 0.2) is 13.1 Å². The first-order valence-corrected chi connectivity index (χ1v) is 8.70. The van der Waals surface area contributed by atoms with Gasteiger partial charge < -0.3 is 9.47 Å². The van der Waals surface area contributed by atoms with Gasteiger partial charge in [0.05, 0.1) is 6.61 Å². The van der Waals surface area contributed by atoms with E-state index in [0.717, 1.165) is 32.9 Å². The van der Waals surface area contributed by atoms with Crippen molar-refractivity contribution in [3.8, 4) is 0 Å². The monoisotopic (exact) mass is 284 g/mol. The maximum atomic E-state index is 5.59. The van der Waals surface area contributed by atoms with Crippen molar-refractivity contribution in [3.63, 3.8) is 0 Å². The van der Waals surface area contributed by atoms with Crippen molar-refractivity contribution in [2.75, 3.05) is 32.9 Å². The molecule has 1 fully saturated rings. The van der Waals surface area contributed by atoms with Crippen LogP contribution in [0.3, 0.4) is 0 Å². The largest absolute Gasteiger partial charge is 0.450 e. The van der Waals surface area contributed by atoms with Gasteiger partial charge in [-0.3, -0.25) is 0 Å². The van der Waals surface area contributed by atoms with Crippen molar-refractivity contribution >= 4 is 6.40 Å². The lowest BCUT2D eigenvalue weighted by Crippen LogP contribution is -2.29. The zero-order valence-electron chi connectivity index (χ0n) is 13.4. The van der Waals surface area contributed by atoms with Crippen LogP contribution in [0.1, 0.15) is 71.1 Å². The molecule has 0 aromatic heterocycles. The van der Waals surface area contributed by atoms with Crippen LogP contribution in [0.5, 0.6) is 0 Å². The topological polar surface area (TPSA) is 21.5 Å². The van der Waals surface area contributed by atoms with Crippen molar-refractivity contribution in [2.24, 2.45) is 0 Å². The molecule has 1 aliphatic rings. The van der Waals surface area contributed by atoms with E-state index in [2.05, 4.69) is 11.5 Å². The molecule has 0 aromatic carbocycles. The van der Waals surface area contributed by atoms with E-state index in [1.54, 1.807) is 0 Å². The Kier molecular flexibility index (Phi) is 11.7. The summed E-state index contributed by atoms with van der Waals surface area (Å²) in [5.41, 5.74) is 0. The summed E-state index contributed by atoms with van der Waals surface area (Å²) in [5, 5.41) is 0. The van der Waals surface area contributed by atoms with E-state index in [9.17, 15) is 0 Å². The van der Waals surface area contributed by atoms with E-state index >= 15 is 0 Å². The predicted octanol–water partition coefficient (Wildman–Crippen LogP) is 3.99. The smallest absolute Gasteiger partial charge is 0.323 e. The summed E-state index contributed by atoms with van der Waals surface area (Å²) >= 11 is 0. The lowest BCUT2D eigenvalue weighted by Gasteiger charge is -2.10. The van der Waals surface area contributed by atoms with Crippen LogP contribution in [0.25, 0.3) is 0 Å². The Labute approximate surface area is 125 Å². The first kappa shape index (κ1) is 17.5. The molecule has 1 aliphatic heterocycles. The number of nitrogens with zero attached hydrogens (tertiary/aromatic N) is 1. The van der Waals surface area contributed by atoms with Gasteiger partial charge in [-0.05, 0) is 6.42 Å². The van der Waals surface area contributed by atoms with Gasteiger partial charge in [-0.2, -0.15) is 0 Å². The van der Waals surface area contributed by atoms with Crippen molar-refractivity contribution in [1.82, 2.24) is 0 Å². The van der Waals surface area contributed by atoms with Crippen LogP contribution in [0.4, 0.5) is 0 Å². The van der Waals surface area contributed by atoms with Crippen LogP contribution in [0.2, 0.25) is 0 Å². The van der Waals surface area contributed by atoms with Gasteiger partial charge in [-0.1, -0.05) is 64.7 Å². The molecule has 118 valence electrons. The fourth-order valence-electron chi connectivity index (χ4n) is 2.51. The zero-order valence-corrected chi connectivity index (χ0v) is 13.4. The van der Waals surface area contributed by atoms with Gasteiger partial charge in [-0.15, -0.1) is 0 Å². The van der Waals surface area contributed by atoms with Gasteiger partial charge in [0.1, 0.15) is 13.2 Å². The maximum absolute atomic E-state index is 5.59. The third kappa shape index (κ3) is 10.2. The van der Waals surface area contributed by atoms with Crippen LogP contribution < -0.4 is 0 Å². The maximum Gasteiger partial charge on any atom is 0.323 e. The normalized spacial score (nSPS) is 15.3. The summed E-state index contributed by atoms with van der Waals surface area (Å²) in [5.74, 6) is 0. The third-order valence-electron chi connectivity index (χ3n) is 3.89. The van der Waals surface area contributed by atoms with Crippen molar-refractivity contribution in [1.29, 1.82) is 0 Å². The number of rotatable bonds is 12. The Morgan fingerprint density at radius 1 is 0.850 bits per heavy atom. The highest BCUT2D eigenvalue weighted by atomic mass is 16.5. The molecule has 0 amide bonds. The molecule has 3 heteroatoms. The van der Waals surface area contributed by atoms with Crippen molar-refractivity contribution in [2.45, 2.75) is 71.1 Å². The van der Waals surface area contributed by atoms with Gasteiger partial charge in [0, 0.05) is 0 Å². The molecule has 0 radical (unpaired) electrons. The lowest BCUT2D eigenvalue weighted by atomic mass is 10.1. The molecule has 1 rings (SSSR count). The van der Waals surface area contributed by atoms with Gasteiger partial charge in [0.25, 0.3) is 0 Å². The molecule has 0 aromatic rings. The molecule has 1 heterocycles. The van der Waals surface area contributed by atoms with E-state index in [0.29, 0.717) is 0 Å². The molecule has 0 unspecified atom stereocenters. The summed E-state index contributed by atoms with van der Waals surface area (Å²) in [7, 11) is 0. The average molecular weight is 284 g/mol. The third-order valence-corrected chi connectivity index (χ3v) is 3.89. The molecule has 1 saturated heterocycles. The Balaban J connectivity index is 1.76. The van der Waals surface area contributed by atoms with E-state index in [4.69, 9.17) is 9.47 Å². The van der Waals surface area contributed by atoms with Crippen LogP contribution in [-0.4, -0.2) is 43.9 Å². The van der Waals surface area contributed by atoms with Crippen LogP contribution >= 0.6 is 0 Å². The summed E-state index contributed by atoms with van der Waals surface area (Å²) < 4.78 is 13.1. The van der Waals surface area contributed by atoms with Crippen molar-refractivity contribution < 1.29 is 14.0 Å². The molecule has 20 heavy (non-hydrogen) atoms. The first-order chi connectivity index (χ1) is 9.93. The van der Waals surface area contributed by atoms with Crippen molar-refractivity contribution in [3.05, 3.63) is 0 Å². The lowest BCUT2D eigenvalue weighted by molar-refractivity contribution is -0.551. The fourth-order valence-corrected chi connectivity index (χ4v) is 2.51. The van der Waals surface area contributed by atoms with Gasteiger partial charge >= 0.3 is 6.40 Å². The molecular weight excluding hydrogens is 250 g/mol. The Hall–Kier alpha value is -0.570. The van der Waals surface area contributed by atoms with Crippen LogP contribution in [0, 0.1) is 0 Å². The summed E-state index contributed by atoms with van der Waals surface area (Å²) in [4.78, 5) is 0. The number of hydrogen-bond donors (Lipinski definition) is 0. The zero-order chi connectivity index (χ0) is 14.3. The summed E-state index contributed by atoms with van der Waals surface area (Å²) in [6, 6.07) is 0. The van der Waals surface area contributed by atoms with E-state index in [-0.39, 0.29) is 0 Å². The average Bonchev–Trinajstić information content (AvgIpc) is 2.49. The minimum atomic E-state index is 0.831. The summed E-state index contributed by atoms with van der Waals surface area (Å²) in [6.07, 6.45) is 15.7. The highest BCUT2D eigenvalue weighted by Gasteiger charge is 2.10. The van der Waals surface area contributed by atoms with E-state index in [1.807, 2.05) is 6.40 Å². The minimum Gasteiger partial charge on any atom is -0.450 e. The Bertz CT molecular complexity index is 233. The molecule has 3 nitrogen and oxygen atoms in total. The molecular formula is C17H34NO2+. The SMILES string of the molecule is CCCCCCCCCCCCOC=[N+]1CCOCC1. The second-order valence-electron chi connectivity index (χ2n) is 5.81. The van der Waals surface area contributed by atoms with Gasteiger partial charge in [0.2, 0.25) is 0 Å². The number of morpholine rings is 1. The standard InChI is InChI=1S/C17H34NO2/c1-2-3-4-5-6-7-8-9-10-11-14-20-17-18-12-15-19-16-13-18/h17H,2-16H2,1H3/q+1. The Morgan fingerprint density at radius 2 is 1.40 bits per heavy atom. The van der Waals surface area contributed by atoms with Crippen LogP contribution in [-0.2, 0) is 9.47 Å². The number of hydrogen-bond acceptors (Lipinski definition) is 2. The van der Waals surface area contributed by atoms with Crippen LogP contribution in [0.15, 0.2) is 0 Å². The molecule has 0 spiro atoms. The van der Waals surface area contributed by atoms with Gasteiger partial charge in [-0.25, -0.2) is 4.58 Å². The summed E-state index contributed by atoms with van der Waals surface area (Å²) in [6.45, 7) is 6.75. The fraction of sp³-hybridized carbons (Fsp3) is 0.941. The first-order valence-electron chi connectivity index (χ1n) is 8.70. The number of unbranched alkanes of at least 4 members (excludes halogenated alkanes) is 9. The van der Waals surface area contributed by atoms with E-state index < -0.39 is 0 Å².